The zero-order valence-corrected chi connectivity index (χ0v) is 17.9. The van der Waals surface area contributed by atoms with Crippen LogP contribution in [0.25, 0.3) is 11.4 Å². The summed E-state index contributed by atoms with van der Waals surface area (Å²) >= 11 is 7.60. The predicted octanol–water partition coefficient (Wildman–Crippen LogP) is 5.60. The highest BCUT2D eigenvalue weighted by Crippen LogP contribution is 2.25. The lowest BCUT2D eigenvalue weighted by molar-refractivity contribution is 0.318. The second-order valence-corrected chi connectivity index (χ2v) is 8.12. The average molecular weight is 437 g/mol. The molecule has 2 aromatic carbocycles. The Morgan fingerprint density at radius 2 is 1.67 bits per heavy atom. The number of halogens is 1. The van der Waals surface area contributed by atoms with Crippen LogP contribution in [-0.4, -0.2) is 32.1 Å². The number of hydrogen-bond donors (Lipinski definition) is 0. The van der Waals surface area contributed by atoms with E-state index in [9.17, 15) is 0 Å². The van der Waals surface area contributed by atoms with E-state index in [-0.39, 0.29) is 0 Å². The smallest absolute Gasteiger partial charge is 0.191 e. The molecule has 0 spiro atoms. The third kappa shape index (κ3) is 5.40. The van der Waals surface area contributed by atoms with Gasteiger partial charge in [-0.25, -0.2) is 0 Å². The highest BCUT2D eigenvalue weighted by atomic mass is 35.5. The monoisotopic (exact) mass is 436 g/mol. The van der Waals surface area contributed by atoms with E-state index < -0.39 is 0 Å². The van der Waals surface area contributed by atoms with Crippen LogP contribution in [0.15, 0.2) is 84.3 Å². The highest BCUT2D eigenvalue weighted by Gasteiger charge is 2.14. The summed E-state index contributed by atoms with van der Waals surface area (Å²) in [5.74, 6) is 2.56. The summed E-state index contributed by atoms with van der Waals surface area (Å²) in [6.07, 6.45) is 4.45. The van der Waals surface area contributed by atoms with Gasteiger partial charge in [0, 0.05) is 28.7 Å². The summed E-state index contributed by atoms with van der Waals surface area (Å²) in [6.45, 7) is 1.35. The van der Waals surface area contributed by atoms with Crippen LogP contribution < -0.4 is 4.74 Å². The Kier molecular flexibility index (Phi) is 7.00. The van der Waals surface area contributed by atoms with Crippen LogP contribution in [0.3, 0.4) is 0 Å². The van der Waals surface area contributed by atoms with Crippen LogP contribution in [0.1, 0.15) is 12.0 Å². The largest absolute Gasteiger partial charge is 0.494 e. The number of pyridine rings is 1. The Labute approximate surface area is 185 Å². The van der Waals surface area contributed by atoms with Crippen molar-refractivity contribution in [2.45, 2.75) is 18.1 Å². The fourth-order valence-corrected chi connectivity index (χ4v) is 3.94. The lowest BCUT2D eigenvalue weighted by Crippen LogP contribution is -2.05. The molecule has 4 rings (SSSR count). The maximum Gasteiger partial charge on any atom is 0.191 e. The molecule has 2 heterocycles. The second kappa shape index (κ2) is 10.3. The lowest BCUT2D eigenvalue weighted by atomic mass is 10.2. The van der Waals surface area contributed by atoms with Gasteiger partial charge in [-0.15, -0.1) is 10.2 Å². The molecule has 30 heavy (non-hydrogen) atoms. The standard InChI is InChI=1S/C23H21ClN4OS/c24-20-7-9-21(10-8-20)29-15-4-16-30-23-27-26-22(19-11-13-25-14-12-19)28(23)17-18-5-2-1-3-6-18/h1-3,5-14H,4,15-17H2. The number of aromatic nitrogens is 4. The van der Waals surface area contributed by atoms with Crippen molar-refractivity contribution in [2.75, 3.05) is 12.4 Å². The minimum absolute atomic E-state index is 0.638. The van der Waals surface area contributed by atoms with Crippen molar-refractivity contribution in [1.82, 2.24) is 19.7 Å². The van der Waals surface area contributed by atoms with Crippen molar-refractivity contribution in [2.24, 2.45) is 0 Å². The van der Waals surface area contributed by atoms with Gasteiger partial charge in [0.25, 0.3) is 0 Å². The molecule has 0 bridgehead atoms. The molecule has 0 aliphatic rings. The van der Waals surface area contributed by atoms with Gasteiger partial charge in [0.2, 0.25) is 0 Å². The molecule has 0 atom stereocenters. The first-order chi connectivity index (χ1) is 14.8. The van der Waals surface area contributed by atoms with Crippen molar-refractivity contribution in [3.05, 3.63) is 89.7 Å². The van der Waals surface area contributed by atoms with Gasteiger partial charge >= 0.3 is 0 Å². The number of rotatable bonds is 9. The summed E-state index contributed by atoms with van der Waals surface area (Å²) in [5, 5.41) is 10.5. The number of hydrogen-bond acceptors (Lipinski definition) is 5. The number of benzene rings is 2. The molecule has 5 nitrogen and oxygen atoms in total. The SMILES string of the molecule is Clc1ccc(OCCCSc2nnc(-c3ccncc3)n2Cc2ccccc2)cc1. The quantitative estimate of drug-likeness (QED) is 0.252. The molecule has 0 fully saturated rings. The molecule has 2 aromatic heterocycles. The highest BCUT2D eigenvalue weighted by molar-refractivity contribution is 7.99. The van der Waals surface area contributed by atoms with E-state index in [2.05, 4.69) is 31.9 Å². The maximum absolute atomic E-state index is 5.90. The molecule has 152 valence electrons. The third-order valence-corrected chi connectivity index (χ3v) is 5.75. The Morgan fingerprint density at radius 1 is 0.900 bits per heavy atom. The second-order valence-electron chi connectivity index (χ2n) is 6.62. The van der Waals surface area contributed by atoms with E-state index in [1.807, 2.05) is 54.6 Å². The summed E-state index contributed by atoms with van der Waals surface area (Å²) in [7, 11) is 0. The van der Waals surface area contributed by atoms with Crippen molar-refractivity contribution in [3.8, 4) is 17.1 Å². The van der Waals surface area contributed by atoms with Crippen LogP contribution >= 0.6 is 23.4 Å². The first kappa shape index (κ1) is 20.4. The molecule has 0 saturated heterocycles. The molecule has 7 heteroatoms. The van der Waals surface area contributed by atoms with Gasteiger partial charge in [-0.3, -0.25) is 9.55 Å². The first-order valence-electron chi connectivity index (χ1n) is 9.68. The van der Waals surface area contributed by atoms with Crippen molar-refractivity contribution in [1.29, 1.82) is 0 Å². The van der Waals surface area contributed by atoms with Crippen LogP contribution in [0.2, 0.25) is 5.02 Å². The molecule has 0 saturated carbocycles. The van der Waals surface area contributed by atoms with Gasteiger partial charge in [0.1, 0.15) is 5.75 Å². The van der Waals surface area contributed by atoms with Crippen LogP contribution in [0, 0.1) is 0 Å². The Bertz CT molecular complexity index is 1060. The summed E-state index contributed by atoms with van der Waals surface area (Å²) < 4.78 is 7.94. The maximum atomic E-state index is 5.90. The molecule has 4 aromatic rings. The van der Waals surface area contributed by atoms with E-state index in [1.165, 1.54) is 5.56 Å². The van der Waals surface area contributed by atoms with E-state index in [0.717, 1.165) is 41.0 Å². The van der Waals surface area contributed by atoms with E-state index in [4.69, 9.17) is 16.3 Å². The van der Waals surface area contributed by atoms with Crippen molar-refractivity contribution >= 4 is 23.4 Å². The molecule has 0 unspecified atom stereocenters. The Morgan fingerprint density at radius 3 is 2.43 bits per heavy atom. The molecular weight excluding hydrogens is 416 g/mol. The van der Waals surface area contributed by atoms with Crippen LogP contribution in [0.4, 0.5) is 0 Å². The fraction of sp³-hybridized carbons (Fsp3) is 0.174. The van der Waals surface area contributed by atoms with Crippen LogP contribution in [-0.2, 0) is 6.54 Å². The van der Waals surface area contributed by atoms with E-state index >= 15 is 0 Å². The molecule has 0 radical (unpaired) electrons. The molecular formula is C23H21ClN4OS. The van der Waals surface area contributed by atoms with Gasteiger partial charge in [0.05, 0.1) is 13.2 Å². The van der Waals surface area contributed by atoms with Gasteiger partial charge in [0.15, 0.2) is 11.0 Å². The minimum atomic E-state index is 0.638. The topological polar surface area (TPSA) is 52.8 Å². The van der Waals surface area contributed by atoms with Gasteiger partial charge in [-0.05, 0) is 48.4 Å². The Hall–Kier alpha value is -2.83. The zero-order valence-electron chi connectivity index (χ0n) is 16.3. The van der Waals surface area contributed by atoms with Crippen molar-refractivity contribution < 1.29 is 4.74 Å². The Balaban J connectivity index is 1.42. The summed E-state index contributed by atoms with van der Waals surface area (Å²) in [5.41, 5.74) is 2.21. The summed E-state index contributed by atoms with van der Waals surface area (Å²) in [4.78, 5) is 4.11. The van der Waals surface area contributed by atoms with Gasteiger partial charge in [-0.2, -0.15) is 0 Å². The normalized spacial score (nSPS) is 10.8. The van der Waals surface area contributed by atoms with Crippen LogP contribution in [0.5, 0.6) is 5.75 Å². The van der Waals surface area contributed by atoms with Gasteiger partial charge in [-0.1, -0.05) is 53.7 Å². The summed E-state index contributed by atoms with van der Waals surface area (Å²) in [6, 6.07) is 21.7. The molecule has 0 N–H and O–H groups in total. The lowest BCUT2D eigenvalue weighted by Gasteiger charge is -2.11. The fourth-order valence-electron chi connectivity index (χ4n) is 2.96. The van der Waals surface area contributed by atoms with E-state index in [0.29, 0.717) is 11.6 Å². The molecule has 0 amide bonds. The molecule has 0 aliphatic heterocycles. The van der Waals surface area contributed by atoms with E-state index in [1.54, 1.807) is 24.2 Å². The minimum Gasteiger partial charge on any atom is -0.494 e. The van der Waals surface area contributed by atoms with Crippen molar-refractivity contribution in [3.63, 3.8) is 0 Å². The third-order valence-electron chi connectivity index (χ3n) is 4.44. The van der Waals surface area contributed by atoms with Gasteiger partial charge < -0.3 is 4.74 Å². The average Bonchev–Trinajstić information content (AvgIpc) is 3.18. The predicted molar refractivity (Wildman–Crippen MR) is 121 cm³/mol. The number of ether oxygens (including phenoxy) is 1. The number of nitrogens with zero attached hydrogens (tertiary/aromatic N) is 4. The first-order valence-corrected chi connectivity index (χ1v) is 11.0. The number of thioether (sulfide) groups is 1. The zero-order chi connectivity index (χ0) is 20.6. The molecule has 0 aliphatic carbocycles.